The maximum atomic E-state index is 13.9. The van der Waals surface area contributed by atoms with Crippen LogP contribution in [0.3, 0.4) is 0 Å². The second-order valence-electron chi connectivity index (χ2n) is 9.68. The Morgan fingerprint density at radius 1 is 0.881 bits per heavy atom. The van der Waals surface area contributed by atoms with Crippen molar-refractivity contribution in [2.45, 2.75) is 19.3 Å². The molecule has 0 radical (unpaired) electrons. The van der Waals surface area contributed by atoms with Crippen molar-refractivity contribution in [3.63, 3.8) is 0 Å². The van der Waals surface area contributed by atoms with E-state index in [2.05, 4.69) is 4.98 Å². The second-order valence-corrected chi connectivity index (χ2v) is 10.1. The van der Waals surface area contributed by atoms with Crippen LogP contribution in [0.1, 0.15) is 32.0 Å². The number of hydrogen-bond donors (Lipinski definition) is 0. The van der Waals surface area contributed by atoms with Crippen molar-refractivity contribution in [3.05, 3.63) is 106 Å². The predicted octanol–water partition coefficient (Wildman–Crippen LogP) is 4.46. The molecule has 5 rings (SSSR count). The third-order valence-electron chi connectivity index (χ3n) is 6.88. The van der Waals surface area contributed by atoms with Crippen molar-refractivity contribution in [2.75, 3.05) is 19.6 Å². The zero-order chi connectivity index (χ0) is 30.1. The van der Waals surface area contributed by atoms with E-state index in [1.165, 1.54) is 60.8 Å². The Labute approximate surface area is 242 Å². The zero-order valence-corrected chi connectivity index (χ0v) is 22.6. The van der Waals surface area contributed by atoms with E-state index in [9.17, 15) is 32.3 Å². The molecule has 13 heteroatoms. The smallest absolute Gasteiger partial charge is 0.331 e. The van der Waals surface area contributed by atoms with Gasteiger partial charge < -0.3 is 9.80 Å². The van der Waals surface area contributed by atoms with E-state index in [1.807, 2.05) is 12.2 Å². The average molecular weight is 600 g/mol. The number of carbonyl (C=O) groups is 4. The van der Waals surface area contributed by atoms with Gasteiger partial charge in [0.15, 0.2) is 12.2 Å². The lowest BCUT2D eigenvalue weighted by Crippen LogP contribution is -2.58. The quantitative estimate of drug-likeness (QED) is 0.317. The van der Waals surface area contributed by atoms with Gasteiger partial charge in [-0.2, -0.15) is 13.2 Å². The lowest BCUT2D eigenvalue weighted by molar-refractivity contribution is -0.235. The van der Waals surface area contributed by atoms with E-state index < -0.39 is 41.7 Å². The highest BCUT2D eigenvalue weighted by Gasteiger charge is 2.55. The number of amides is 3. The van der Waals surface area contributed by atoms with Crippen LogP contribution in [0.4, 0.5) is 18.9 Å². The first-order chi connectivity index (χ1) is 20.0. The zero-order valence-electron chi connectivity index (χ0n) is 21.9. The average Bonchev–Trinajstić information content (AvgIpc) is 3.48. The highest BCUT2D eigenvalue weighted by molar-refractivity contribution is 6.30. The normalized spacial score (nSPS) is 18.4. The van der Waals surface area contributed by atoms with E-state index in [0.717, 1.165) is 4.90 Å². The van der Waals surface area contributed by atoms with Crippen LogP contribution in [0.5, 0.6) is 0 Å². The van der Waals surface area contributed by atoms with Gasteiger partial charge in [-0.1, -0.05) is 42.0 Å². The number of para-hydroxylation sites is 1. The fraction of sp³-hybridized carbons (Fsp3) is 0.207. The molecule has 0 N–H and O–H groups in total. The molecule has 0 saturated heterocycles. The molecule has 0 aliphatic carbocycles. The van der Waals surface area contributed by atoms with Crippen molar-refractivity contribution >= 4 is 41.0 Å². The first-order valence-corrected chi connectivity index (χ1v) is 13.1. The molecule has 1 unspecified atom stereocenters. The molecule has 1 atom stereocenters. The summed E-state index contributed by atoms with van der Waals surface area (Å²) in [4.78, 5) is 64.2. The topological polar surface area (TPSA) is 96.9 Å². The van der Waals surface area contributed by atoms with Crippen molar-refractivity contribution in [1.82, 2.24) is 19.4 Å². The number of carbonyl (C=O) groups excluding carboxylic acids is 4. The minimum absolute atomic E-state index is 0.0587. The number of quaternary nitrogens is 1. The van der Waals surface area contributed by atoms with Crippen LogP contribution in [-0.2, 0) is 27.5 Å². The standard InChI is InChI=1S/C29H23ClF3N4O5/c30-22-10-7-19(8-11-22)26(39)36-16-21-5-1-2-6-24(21)37(25(38)17-36,42-28(41)29(31,32)33)18-23-12-9-20(15-34-23)27(40)35-13-3-4-14-35/h1-12,15H,13-14,16-18H2/q+1. The molecular weight excluding hydrogens is 577 g/mol. The van der Waals surface area contributed by atoms with E-state index in [0.29, 0.717) is 18.1 Å². The van der Waals surface area contributed by atoms with E-state index in [1.54, 1.807) is 11.0 Å². The predicted molar refractivity (Wildman–Crippen MR) is 145 cm³/mol. The van der Waals surface area contributed by atoms with Crippen LogP contribution in [0.15, 0.2) is 79.0 Å². The number of nitrogens with zero attached hydrogens (tertiary/aromatic N) is 4. The lowest BCUT2D eigenvalue weighted by atomic mass is 10.1. The number of benzene rings is 2. The summed E-state index contributed by atoms with van der Waals surface area (Å²) in [5, 5.41) is 0.385. The number of aromatic nitrogens is 1. The van der Waals surface area contributed by atoms with Gasteiger partial charge >= 0.3 is 18.1 Å². The summed E-state index contributed by atoms with van der Waals surface area (Å²) in [5.41, 5.74) is 0.739. The molecule has 2 aliphatic rings. The number of rotatable bonds is 5. The Kier molecular flexibility index (Phi) is 7.85. The van der Waals surface area contributed by atoms with Gasteiger partial charge in [0.1, 0.15) is 6.54 Å². The fourth-order valence-corrected chi connectivity index (χ4v) is 4.91. The van der Waals surface area contributed by atoms with Gasteiger partial charge in [0.2, 0.25) is 0 Å². The maximum Gasteiger partial charge on any atom is 0.497 e. The monoisotopic (exact) mass is 599 g/mol. The van der Waals surface area contributed by atoms with Crippen molar-refractivity contribution in [2.24, 2.45) is 0 Å². The van der Waals surface area contributed by atoms with Crippen LogP contribution in [0, 0.1) is 0 Å². The van der Waals surface area contributed by atoms with Crippen molar-refractivity contribution in [3.8, 4) is 0 Å². The summed E-state index contributed by atoms with van der Waals surface area (Å²) in [6.45, 7) is -0.590. The lowest BCUT2D eigenvalue weighted by Gasteiger charge is -2.31. The van der Waals surface area contributed by atoms with Gasteiger partial charge in [0.05, 0.1) is 17.8 Å². The molecule has 3 heterocycles. The minimum Gasteiger partial charge on any atom is -0.331 e. The summed E-state index contributed by atoms with van der Waals surface area (Å²) < 4.78 is 39.1. The summed E-state index contributed by atoms with van der Waals surface area (Å²) in [6.07, 6.45) is -0.486. The Balaban J connectivity index is 1.54. The molecule has 0 bridgehead atoms. The summed E-state index contributed by atoms with van der Waals surface area (Å²) in [7, 11) is 0. The number of halogens is 4. The number of hydroxylamine groups is 2. The minimum atomic E-state index is -5.42. The molecule has 3 amide bonds. The summed E-state index contributed by atoms with van der Waals surface area (Å²) in [6, 6.07) is 14.7. The Hall–Kier alpha value is -4.55. The Bertz CT molecular complexity index is 1570. The summed E-state index contributed by atoms with van der Waals surface area (Å²) in [5.74, 6) is -4.46. The van der Waals surface area contributed by atoms with Crippen LogP contribution < -0.4 is 4.65 Å². The third kappa shape index (κ3) is 5.76. The highest BCUT2D eigenvalue weighted by atomic mass is 35.5. The second kappa shape index (κ2) is 11.4. The molecule has 3 aromatic rings. The molecule has 1 aromatic heterocycles. The Morgan fingerprint density at radius 2 is 1.52 bits per heavy atom. The van der Waals surface area contributed by atoms with Gasteiger partial charge in [-0.25, -0.2) is 9.59 Å². The van der Waals surface area contributed by atoms with E-state index in [4.69, 9.17) is 16.4 Å². The molecule has 2 aliphatic heterocycles. The molecule has 216 valence electrons. The number of alkyl halides is 3. The first kappa shape index (κ1) is 29.0. The van der Waals surface area contributed by atoms with E-state index in [-0.39, 0.29) is 40.5 Å². The van der Waals surface area contributed by atoms with Crippen LogP contribution in [0.2, 0.25) is 5.02 Å². The first-order valence-electron chi connectivity index (χ1n) is 12.7. The molecule has 0 spiro atoms. The molecule has 42 heavy (non-hydrogen) atoms. The maximum absolute atomic E-state index is 13.9. The number of hydrogen-bond acceptors (Lipinski definition) is 6. The molecule has 0 saturated carbocycles. The Morgan fingerprint density at radius 3 is 2.17 bits per heavy atom. The number of pyridine rings is 1. The van der Waals surface area contributed by atoms with Crippen LogP contribution >= 0.6 is 11.6 Å². The molecular formula is C29H23ClF3N4O5+. The van der Waals surface area contributed by atoms with Gasteiger partial charge in [0, 0.05) is 41.5 Å². The largest absolute Gasteiger partial charge is 0.497 e. The van der Waals surface area contributed by atoms with Gasteiger partial charge in [-0.05, 0) is 41.0 Å². The van der Waals surface area contributed by atoms with Crippen molar-refractivity contribution < 1.29 is 37.2 Å². The molecule has 2 aromatic carbocycles. The van der Waals surface area contributed by atoms with Crippen LogP contribution in [0.25, 0.3) is 0 Å². The van der Waals surface area contributed by atoms with E-state index >= 15 is 0 Å². The molecule has 9 nitrogen and oxygen atoms in total. The fourth-order valence-electron chi connectivity index (χ4n) is 4.79. The van der Waals surface area contributed by atoms with Crippen molar-refractivity contribution in [1.29, 1.82) is 0 Å². The summed E-state index contributed by atoms with van der Waals surface area (Å²) >= 11 is 5.93. The highest BCUT2D eigenvalue weighted by Crippen LogP contribution is 2.36. The third-order valence-corrected chi connectivity index (χ3v) is 7.13. The SMILES string of the molecule is O=C(c1ccc(C[N+]2(OC(=O)C(F)(F)F)C(=O)CN(C(=O)c3ccc(Cl)cc3)Cc3ccccc32)nc1)N1CC=CC1. The van der Waals surface area contributed by atoms with Gasteiger partial charge in [-0.3, -0.25) is 19.4 Å². The molecule has 0 fully saturated rings. The van der Waals surface area contributed by atoms with Gasteiger partial charge in [0.25, 0.3) is 11.8 Å². The van der Waals surface area contributed by atoms with Gasteiger partial charge in [-0.15, -0.1) is 0 Å². The number of fused-ring (bicyclic) bond motifs is 1. The van der Waals surface area contributed by atoms with Crippen LogP contribution in [-0.4, -0.2) is 64.3 Å².